The number of aryl methyl sites for hydroxylation is 1. The highest BCUT2D eigenvalue weighted by molar-refractivity contribution is 5.74. The van der Waals surface area contributed by atoms with Gasteiger partial charge in [0.1, 0.15) is 6.04 Å². The van der Waals surface area contributed by atoms with Crippen LogP contribution in [0.25, 0.3) is 0 Å². The average molecular weight is 297 g/mol. The molecule has 3 rings (SSSR count). The minimum Gasteiger partial charge on any atom is -0.480 e. The summed E-state index contributed by atoms with van der Waals surface area (Å²) in [5.41, 5.74) is 3.17. The number of aromatic nitrogens is 2. The highest BCUT2D eigenvalue weighted by atomic mass is 16.4. The van der Waals surface area contributed by atoms with Crippen molar-refractivity contribution in [1.29, 1.82) is 0 Å². The second-order valence-electron chi connectivity index (χ2n) is 5.66. The van der Waals surface area contributed by atoms with Gasteiger partial charge in [0.2, 0.25) is 0 Å². The van der Waals surface area contributed by atoms with Crippen molar-refractivity contribution in [2.75, 3.05) is 6.54 Å². The fourth-order valence-corrected chi connectivity index (χ4v) is 3.24. The van der Waals surface area contributed by atoms with Gasteiger partial charge >= 0.3 is 5.97 Å². The van der Waals surface area contributed by atoms with E-state index in [1.807, 2.05) is 37.5 Å². The lowest BCUT2D eigenvalue weighted by Crippen LogP contribution is -2.39. The fourth-order valence-electron chi connectivity index (χ4n) is 3.24. The normalized spacial score (nSPS) is 20.0. The van der Waals surface area contributed by atoms with E-state index in [9.17, 15) is 9.90 Å². The van der Waals surface area contributed by atoms with Crippen molar-refractivity contribution in [1.82, 2.24) is 14.9 Å². The Bertz CT molecular complexity index is 660. The van der Waals surface area contributed by atoms with Crippen molar-refractivity contribution in [3.63, 3.8) is 0 Å². The molecule has 0 aromatic carbocycles. The molecule has 0 spiro atoms. The van der Waals surface area contributed by atoms with Gasteiger partial charge in [-0.25, -0.2) is 0 Å². The standard InChI is InChI=1S/C17H19N3O2/c1-12-10-19-8-6-14(12)16(13-4-2-7-18-11-13)20-9-3-5-15(20)17(21)22/h2,4,6-8,10-11,15-16H,3,5,9H2,1H3,(H,21,22). The molecule has 1 aliphatic heterocycles. The molecule has 114 valence electrons. The molecule has 5 nitrogen and oxygen atoms in total. The van der Waals surface area contributed by atoms with Crippen molar-refractivity contribution in [2.24, 2.45) is 0 Å². The quantitative estimate of drug-likeness (QED) is 0.939. The first-order chi connectivity index (χ1) is 10.7. The minimum atomic E-state index is -0.752. The number of nitrogens with zero attached hydrogens (tertiary/aromatic N) is 3. The Morgan fingerprint density at radius 3 is 2.82 bits per heavy atom. The van der Waals surface area contributed by atoms with Crippen LogP contribution in [-0.2, 0) is 4.79 Å². The smallest absolute Gasteiger partial charge is 0.320 e. The van der Waals surface area contributed by atoms with E-state index < -0.39 is 12.0 Å². The van der Waals surface area contributed by atoms with E-state index in [-0.39, 0.29) is 6.04 Å². The molecular weight excluding hydrogens is 278 g/mol. The van der Waals surface area contributed by atoms with Gasteiger partial charge in [-0.1, -0.05) is 6.07 Å². The molecule has 0 bridgehead atoms. The Balaban J connectivity index is 2.08. The first-order valence-electron chi connectivity index (χ1n) is 7.47. The summed E-state index contributed by atoms with van der Waals surface area (Å²) in [5, 5.41) is 9.53. The van der Waals surface area contributed by atoms with Crippen molar-refractivity contribution in [3.8, 4) is 0 Å². The molecule has 22 heavy (non-hydrogen) atoms. The zero-order valence-corrected chi connectivity index (χ0v) is 12.5. The zero-order valence-electron chi connectivity index (χ0n) is 12.5. The van der Waals surface area contributed by atoms with Gasteiger partial charge in [0, 0.05) is 31.3 Å². The summed E-state index contributed by atoms with van der Waals surface area (Å²) in [6.07, 6.45) is 8.73. The number of pyridine rings is 2. The maximum atomic E-state index is 11.6. The van der Waals surface area contributed by atoms with Gasteiger partial charge in [-0.3, -0.25) is 19.7 Å². The van der Waals surface area contributed by atoms with Gasteiger partial charge in [0.25, 0.3) is 0 Å². The summed E-state index contributed by atoms with van der Waals surface area (Å²) < 4.78 is 0. The van der Waals surface area contributed by atoms with Crippen LogP contribution < -0.4 is 0 Å². The maximum absolute atomic E-state index is 11.6. The third kappa shape index (κ3) is 2.72. The molecule has 0 amide bonds. The number of likely N-dealkylation sites (tertiary alicyclic amines) is 1. The molecule has 0 saturated carbocycles. The molecule has 5 heteroatoms. The number of carbonyl (C=O) groups is 1. The van der Waals surface area contributed by atoms with Crippen molar-refractivity contribution in [2.45, 2.75) is 31.8 Å². The monoisotopic (exact) mass is 297 g/mol. The zero-order chi connectivity index (χ0) is 15.5. The molecule has 1 fully saturated rings. The number of carboxylic acid groups (broad SMARTS) is 1. The van der Waals surface area contributed by atoms with E-state index >= 15 is 0 Å². The number of hydrogen-bond donors (Lipinski definition) is 1. The molecule has 3 heterocycles. The first-order valence-corrected chi connectivity index (χ1v) is 7.47. The fraction of sp³-hybridized carbons (Fsp3) is 0.353. The lowest BCUT2D eigenvalue weighted by Gasteiger charge is -2.32. The van der Waals surface area contributed by atoms with E-state index in [2.05, 4.69) is 14.9 Å². The minimum absolute atomic E-state index is 0.0969. The van der Waals surface area contributed by atoms with Crippen molar-refractivity contribution >= 4 is 5.97 Å². The Morgan fingerprint density at radius 1 is 1.32 bits per heavy atom. The largest absolute Gasteiger partial charge is 0.480 e. The molecule has 0 radical (unpaired) electrons. The lowest BCUT2D eigenvalue weighted by atomic mass is 9.95. The summed E-state index contributed by atoms with van der Waals surface area (Å²) in [4.78, 5) is 22.0. The van der Waals surface area contributed by atoms with Crippen LogP contribution >= 0.6 is 0 Å². The third-order valence-electron chi connectivity index (χ3n) is 4.27. The number of aliphatic carboxylic acids is 1. The molecule has 2 aromatic heterocycles. The van der Waals surface area contributed by atoms with Gasteiger partial charge in [-0.15, -0.1) is 0 Å². The van der Waals surface area contributed by atoms with E-state index in [4.69, 9.17) is 0 Å². The van der Waals surface area contributed by atoms with Crippen LogP contribution in [0, 0.1) is 6.92 Å². The molecule has 2 aromatic rings. The topological polar surface area (TPSA) is 66.3 Å². The van der Waals surface area contributed by atoms with E-state index in [0.29, 0.717) is 6.42 Å². The maximum Gasteiger partial charge on any atom is 0.320 e. The predicted molar refractivity (Wildman–Crippen MR) is 82.4 cm³/mol. The van der Waals surface area contributed by atoms with Crippen molar-refractivity contribution in [3.05, 3.63) is 59.7 Å². The molecule has 2 atom stereocenters. The van der Waals surface area contributed by atoms with Crippen LogP contribution in [-0.4, -0.2) is 38.5 Å². The van der Waals surface area contributed by atoms with Crippen molar-refractivity contribution < 1.29 is 9.90 Å². The van der Waals surface area contributed by atoms with Crippen LogP contribution in [0.3, 0.4) is 0 Å². The summed E-state index contributed by atoms with van der Waals surface area (Å²) in [6, 6.07) is 5.34. The van der Waals surface area contributed by atoms with Gasteiger partial charge in [0.15, 0.2) is 0 Å². The Hall–Kier alpha value is -2.27. The summed E-state index contributed by atoms with van der Waals surface area (Å²) in [7, 11) is 0. The molecule has 1 N–H and O–H groups in total. The molecule has 0 aliphatic carbocycles. The first kappa shape index (κ1) is 14.7. The lowest BCUT2D eigenvalue weighted by molar-refractivity contribution is -0.142. The molecule has 2 unspecified atom stereocenters. The molecule has 1 aliphatic rings. The van der Waals surface area contributed by atoms with Gasteiger partial charge in [-0.2, -0.15) is 0 Å². The highest BCUT2D eigenvalue weighted by Gasteiger charge is 2.37. The van der Waals surface area contributed by atoms with Crippen LogP contribution in [0.15, 0.2) is 43.0 Å². The average Bonchev–Trinajstić information content (AvgIpc) is 3.00. The predicted octanol–water partition coefficient (Wildman–Crippen LogP) is 2.42. The summed E-state index contributed by atoms with van der Waals surface area (Å²) in [6.45, 7) is 2.79. The van der Waals surface area contributed by atoms with E-state index in [0.717, 1.165) is 29.7 Å². The highest BCUT2D eigenvalue weighted by Crippen LogP contribution is 2.35. The van der Waals surface area contributed by atoms with Crippen LogP contribution in [0.5, 0.6) is 0 Å². The van der Waals surface area contributed by atoms with Gasteiger partial charge in [0.05, 0.1) is 6.04 Å². The van der Waals surface area contributed by atoms with Crippen LogP contribution in [0.2, 0.25) is 0 Å². The van der Waals surface area contributed by atoms with E-state index in [1.165, 1.54) is 0 Å². The van der Waals surface area contributed by atoms with E-state index in [1.54, 1.807) is 12.4 Å². The second-order valence-corrected chi connectivity index (χ2v) is 5.66. The SMILES string of the molecule is Cc1cnccc1C(c1cccnc1)N1CCCC1C(=O)O. The number of rotatable bonds is 4. The molecular formula is C17H19N3O2. The van der Waals surface area contributed by atoms with Gasteiger partial charge < -0.3 is 5.11 Å². The Labute approximate surface area is 129 Å². The summed E-state index contributed by atoms with van der Waals surface area (Å²) in [5.74, 6) is -0.752. The number of hydrogen-bond acceptors (Lipinski definition) is 4. The second kappa shape index (κ2) is 6.23. The summed E-state index contributed by atoms with van der Waals surface area (Å²) >= 11 is 0. The van der Waals surface area contributed by atoms with Crippen LogP contribution in [0.1, 0.15) is 35.6 Å². The Morgan fingerprint density at radius 2 is 2.14 bits per heavy atom. The Kier molecular flexibility index (Phi) is 4.15. The number of carboxylic acids is 1. The van der Waals surface area contributed by atoms with Gasteiger partial charge in [-0.05, 0) is 48.6 Å². The third-order valence-corrected chi connectivity index (χ3v) is 4.27. The molecule has 1 saturated heterocycles. The van der Waals surface area contributed by atoms with Crippen LogP contribution in [0.4, 0.5) is 0 Å².